The summed E-state index contributed by atoms with van der Waals surface area (Å²) in [4.78, 5) is 2.33. The number of piperidine rings is 1. The Morgan fingerprint density at radius 1 is 1.04 bits per heavy atom. The smallest absolute Gasteiger partial charge is 0.118 e. The molecule has 0 aromatic heterocycles. The minimum Gasteiger partial charge on any atom is -0.497 e. The van der Waals surface area contributed by atoms with Crippen molar-refractivity contribution < 1.29 is 14.9 Å². The fourth-order valence-electron chi connectivity index (χ4n) is 4.13. The van der Waals surface area contributed by atoms with Gasteiger partial charge in [0.15, 0.2) is 0 Å². The molecule has 27 heavy (non-hydrogen) atoms. The highest BCUT2D eigenvalue weighted by molar-refractivity contribution is 5.29. The number of aliphatic hydroxyl groups is 2. The summed E-state index contributed by atoms with van der Waals surface area (Å²) >= 11 is 0. The molecule has 1 saturated heterocycles. The van der Waals surface area contributed by atoms with E-state index in [1.54, 1.807) is 7.11 Å². The first-order chi connectivity index (χ1) is 13.0. The van der Waals surface area contributed by atoms with Crippen molar-refractivity contribution >= 4 is 0 Å². The monoisotopic (exact) mass is 369 g/mol. The van der Waals surface area contributed by atoms with Gasteiger partial charge in [-0.05, 0) is 42.5 Å². The number of likely N-dealkylation sites (tertiary alicyclic amines) is 1. The maximum absolute atomic E-state index is 11.0. The molecule has 1 aliphatic rings. The summed E-state index contributed by atoms with van der Waals surface area (Å²) in [5.41, 5.74) is 1.44. The quantitative estimate of drug-likeness (QED) is 0.783. The van der Waals surface area contributed by atoms with E-state index >= 15 is 0 Å². The zero-order valence-corrected chi connectivity index (χ0v) is 16.3. The topological polar surface area (TPSA) is 52.9 Å². The molecule has 1 aliphatic heterocycles. The molecular weight excluding hydrogens is 338 g/mol. The summed E-state index contributed by atoms with van der Waals surface area (Å²) in [7, 11) is 1.64. The summed E-state index contributed by atoms with van der Waals surface area (Å²) in [6.07, 6.45) is 2.48. The van der Waals surface area contributed by atoms with E-state index in [4.69, 9.17) is 4.74 Å². The second-order valence-corrected chi connectivity index (χ2v) is 7.62. The number of rotatable bonds is 7. The number of ether oxygens (including phenoxy) is 1. The molecule has 0 aliphatic carbocycles. The van der Waals surface area contributed by atoms with E-state index in [1.165, 1.54) is 5.56 Å². The van der Waals surface area contributed by atoms with E-state index in [9.17, 15) is 10.2 Å². The lowest BCUT2D eigenvalue weighted by Gasteiger charge is -2.43. The first kappa shape index (κ1) is 19.9. The number of hydrogen-bond donors (Lipinski definition) is 2. The molecule has 0 spiro atoms. The maximum Gasteiger partial charge on any atom is 0.118 e. The van der Waals surface area contributed by atoms with Gasteiger partial charge in [0.25, 0.3) is 0 Å². The summed E-state index contributed by atoms with van der Waals surface area (Å²) in [5, 5.41) is 21.9. The predicted molar refractivity (Wildman–Crippen MR) is 108 cm³/mol. The summed E-state index contributed by atoms with van der Waals surface area (Å²) in [5.74, 6) is 0.794. The van der Waals surface area contributed by atoms with Gasteiger partial charge in [0.1, 0.15) is 5.75 Å². The van der Waals surface area contributed by atoms with Crippen molar-refractivity contribution in [3.8, 4) is 5.75 Å². The van der Waals surface area contributed by atoms with Gasteiger partial charge < -0.3 is 14.9 Å². The van der Waals surface area contributed by atoms with Gasteiger partial charge in [-0.2, -0.15) is 0 Å². The van der Waals surface area contributed by atoms with Gasteiger partial charge in [0.05, 0.1) is 18.8 Å². The van der Waals surface area contributed by atoms with Crippen LogP contribution in [-0.4, -0.2) is 47.0 Å². The lowest BCUT2D eigenvalue weighted by molar-refractivity contribution is -0.0497. The molecule has 1 fully saturated rings. The second kappa shape index (κ2) is 8.87. The lowest BCUT2D eigenvalue weighted by atomic mass is 9.84. The molecule has 4 nitrogen and oxygen atoms in total. The standard InChI is InChI=1S/C23H31NO3/c1-3-21(22(25)19-9-11-20(27-2)12-10-19)24-15-13-23(26,14-16-24)17-18-7-5-4-6-8-18/h4-12,21-22,25-26H,3,13-17H2,1-2H3/t21-,22+/m1/s1. The van der Waals surface area contributed by atoms with Crippen molar-refractivity contribution in [1.82, 2.24) is 4.90 Å². The van der Waals surface area contributed by atoms with Crippen LogP contribution in [0.15, 0.2) is 54.6 Å². The molecule has 2 N–H and O–H groups in total. The molecule has 2 atom stereocenters. The Morgan fingerprint density at radius 3 is 2.22 bits per heavy atom. The van der Waals surface area contributed by atoms with Gasteiger partial charge in [-0.3, -0.25) is 4.90 Å². The van der Waals surface area contributed by atoms with Crippen LogP contribution < -0.4 is 4.74 Å². The van der Waals surface area contributed by atoms with Gasteiger partial charge in [0, 0.05) is 25.6 Å². The van der Waals surface area contributed by atoms with Crippen LogP contribution in [0.4, 0.5) is 0 Å². The van der Waals surface area contributed by atoms with Crippen LogP contribution in [0.2, 0.25) is 0 Å². The molecular formula is C23H31NO3. The third kappa shape index (κ3) is 4.89. The van der Waals surface area contributed by atoms with Crippen molar-refractivity contribution in [1.29, 1.82) is 0 Å². The molecule has 0 radical (unpaired) electrons. The van der Waals surface area contributed by atoms with E-state index in [0.717, 1.165) is 43.7 Å². The van der Waals surface area contributed by atoms with Crippen LogP contribution in [0.3, 0.4) is 0 Å². The van der Waals surface area contributed by atoms with Gasteiger partial charge in [-0.15, -0.1) is 0 Å². The van der Waals surface area contributed by atoms with Crippen LogP contribution in [0.25, 0.3) is 0 Å². The van der Waals surface area contributed by atoms with Crippen molar-refractivity contribution in [3.63, 3.8) is 0 Å². The molecule has 1 heterocycles. The van der Waals surface area contributed by atoms with Gasteiger partial charge >= 0.3 is 0 Å². The van der Waals surface area contributed by atoms with Gasteiger partial charge in [0.2, 0.25) is 0 Å². The zero-order chi connectivity index (χ0) is 19.3. The van der Waals surface area contributed by atoms with Crippen molar-refractivity contribution in [2.75, 3.05) is 20.2 Å². The molecule has 0 bridgehead atoms. The minimum atomic E-state index is -0.652. The van der Waals surface area contributed by atoms with E-state index in [0.29, 0.717) is 6.42 Å². The van der Waals surface area contributed by atoms with Crippen molar-refractivity contribution in [2.45, 2.75) is 50.4 Å². The Balaban J connectivity index is 1.62. The van der Waals surface area contributed by atoms with Crippen LogP contribution in [-0.2, 0) is 6.42 Å². The molecule has 3 rings (SSSR count). The molecule has 0 saturated carbocycles. The minimum absolute atomic E-state index is 0.0553. The second-order valence-electron chi connectivity index (χ2n) is 7.62. The Hall–Kier alpha value is -1.88. The number of aliphatic hydroxyl groups excluding tert-OH is 1. The average molecular weight is 370 g/mol. The van der Waals surface area contributed by atoms with Crippen molar-refractivity contribution in [2.24, 2.45) is 0 Å². The zero-order valence-electron chi connectivity index (χ0n) is 16.3. The fraction of sp³-hybridized carbons (Fsp3) is 0.478. The highest BCUT2D eigenvalue weighted by atomic mass is 16.5. The Bertz CT molecular complexity index is 693. The van der Waals surface area contributed by atoms with Crippen LogP contribution in [0.5, 0.6) is 5.75 Å². The van der Waals surface area contributed by atoms with E-state index in [-0.39, 0.29) is 6.04 Å². The lowest BCUT2D eigenvalue weighted by Crippen LogP contribution is -2.50. The Kier molecular flexibility index (Phi) is 6.53. The summed E-state index contributed by atoms with van der Waals surface area (Å²) in [6, 6.07) is 17.9. The molecule has 2 aromatic rings. The van der Waals surface area contributed by atoms with E-state index in [1.807, 2.05) is 42.5 Å². The highest BCUT2D eigenvalue weighted by Crippen LogP contribution is 2.32. The van der Waals surface area contributed by atoms with Crippen LogP contribution in [0, 0.1) is 0 Å². The van der Waals surface area contributed by atoms with Crippen molar-refractivity contribution in [3.05, 3.63) is 65.7 Å². The Morgan fingerprint density at radius 2 is 1.67 bits per heavy atom. The first-order valence-electron chi connectivity index (χ1n) is 9.87. The highest BCUT2D eigenvalue weighted by Gasteiger charge is 2.36. The van der Waals surface area contributed by atoms with E-state index < -0.39 is 11.7 Å². The third-order valence-electron chi connectivity index (χ3n) is 5.81. The van der Waals surface area contributed by atoms with Crippen LogP contribution in [0.1, 0.15) is 43.4 Å². The van der Waals surface area contributed by atoms with Gasteiger partial charge in [-0.1, -0.05) is 49.4 Å². The Labute approximate surface area is 162 Å². The summed E-state index contributed by atoms with van der Waals surface area (Å²) in [6.45, 7) is 3.71. The average Bonchev–Trinajstić information content (AvgIpc) is 2.70. The number of methoxy groups -OCH3 is 1. The molecule has 4 heteroatoms. The number of benzene rings is 2. The summed E-state index contributed by atoms with van der Waals surface area (Å²) < 4.78 is 5.20. The fourth-order valence-corrected chi connectivity index (χ4v) is 4.13. The maximum atomic E-state index is 11.0. The number of nitrogens with zero attached hydrogens (tertiary/aromatic N) is 1. The molecule has 0 unspecified atom stereocenters. The SMILES string of the molecule is CC[C@H]([C@@H](O)c1ccc(OC)cc1)N1CCC(O)(Cc2ccccc2)CC1. The third-order valence-corrected chi connectivity index (χ3v) is 5.81. The van der Waals surface area contributed by atoms with Gasteiger partial charge in [-0.25, -0.2) is 0 Å². The molecule has 2 aromatic carbocycles. The first-order valence-corrected chi connectivity index (χ1v) is 9.87. The van der Waals surface area contributed by atoms with Crippen LogP contribution >= 0.6 is 0 Å². The predicted octanol–water partition coefficient (Wildman–Crippen LogP) is 3.58. The number of hydrogen-bond acceptors (Lipinski definition) is 4. The van der Waals surface area contributed by atoms with E-state index in [2.05, 4.69) is 24.0 Å². The largest absolute Gasteiger partial charge is 0.497 e. The molecule has 0 amide bonds. The normalized spacial score (nSPS) is 19.4. The molecule has 146 valence electrons.